The summed E-state index contributed by atoms with van der Waals surface area (Å²) in [7, 11) is 0. The molecular weight excluding hydrogens is 350 g/mol. The van der Waals surface area contributed by atoms with Crippen molar-refractivity contribution in [2.75, 3.05) is 6.54 Å². The second kappa shape index (κ2) is 8.18. The van der Waals surface area contributed by atoms with Gasteiger partial charge in [0.1, 0.15) is 10.6 Å². The number of aryl methyl sites for hydroxylation is 3. The second-order valence-electron chi connectivity index (χ2n) is 5.88. The molecule has 0 bridgehead atoms. The van der Waals surface area contributed by atoms with Crippen LogP contribution in [0, 0.1) is 13.8 Å². The Labute approximate surface area is 155 Å². The molecule has 3 rings (SSSR count). The minimum Gasteiger partial charge on any atom is -0.361 e. The fourth-order valence-corrected chi connectivity index (χ4v) is 3.70. The van der Waals surface area contributed by atoms with Crippen molar-refractivity contribution >= 4 is 17.2 Å². The lowest BCUT2D eigenvalue weighted by atomic mass is 10.1. The lowest BCUT2D eigenvalue weighted by Crippen LogP contribution is -2.25. The second-order valence-corrected chi connectivity index (χ2v) is 6.88. The number of amides is 1. The minimum absolute atomic E-state index is 0.0970. The average molecular weight is 371 g/mol. The maximum Gasteiger partial charge on any atom is 0.263 e. The van der Waals surface area contributed by atoms with Crippen LogP contribution in [0.1, 0.15) is 45.7 Å². The molecule has 0 unspecified atom stereocenters. The van der Waals surface area contributed by atoms with Gasteiger partial charge < -0.3 is 9.84 Å². The van der Waals surface area contributed by atoms with Crippen LogP contribution in [-0.4, -0.2) is 32.6 Å². The Morgan fingerprint density at radius 3 is 2.69 bits per heavy atom. The van der Waals surface area contributed by atoms with Gasteiger partial charge in [0.2, 0.25) is 0 Å². The van der Waals surface area contributed by atoms with Crippen LogP contribution < -0.4 is 5.32 Å². The highest BCUT2D eigenvalue weighted by Gasteiger charge is 2.18. The van der Waals surface area contributed by atoms with E-state index >= 15 is 0 Å². The molecule has 0 saturated heterocycles. The van der Waals surface area contributed by atoms with Gasteiger partial charge in [-0.3, -0.25) is 4.79 Å². The van der Waals surface area contributed by atoms with E-state index in [4.69, 9.17) is 4.52 Å². The van der Waals surface area contributed by atoms with E-state index < -0.39 is 0 Å². The van der Waals surface area contributed by atoms with Gasteiger partial charge in [-0.15, -0.1) is 11.3 Å². The van der Waals surface area contributed by atoms with Gasteiger partial charge >= 0.3 is 0 Å². The predicted molar refractivity (Wildman–Crippen MR) is 99.1 cm³/mol. The molecule has 0 aromatic carbocycles. The lowest BCUT2D eigenvalue weighted by Gasteiger charge is -2.04. The van der Waals surface area contributed by atoms with E-state index in [2.05, 4.69) is 25.4 Å². The zero-order valence-corrected chi connectivity index (χ0v) is 15.9. The maximum absolute atomic E-state index is 12.6. The quantitative estimate of drug-likeness (QED) is 0.641. The highest BCUT2D eigenvalue weighted by atomic mass is 32.1. The molecule has 0 aliphatic carbocycles. The molecule has 7 nitrogen and oxygen atoms in total. The molecule has 1 N–H and O–H groups in total. The summed E-state index contributed by atoms with van der Waals surface area (Å²) < 4.78 is 5.16. The van der Waals surface area contributed by atoms with Crippen molar-refractivity contribution in [2.24, 2.45) is 0 Å². The van der Waals surface area contributed by atoms with Crippen LogP contribution in [-0.2, 0) is 12.8 Å². The van der Waals surface area contributed by atoms with Crippen molar-refractivity contribution in [3.63, 3.8) is 0 Å². The molecule has 3 aromatic rings. The van der Waals surface area contributed by atoms with Crippen LogP contribution in [0.15, 0.2) is 23.0 Å². The normalized spacial score (nSPS) is 10.9. The first kappa shape index (κ1) is 18.2. The van der Waals surface area contributed by atoms with Crippen LogP contribution in [0.3, 0.4) is 0 Å². The summed E-state index contributed by atoms with van der Waals surface area (Å²) in [6.07, 6.45) is 5.68. The lowest BCUT2D eigenvalue weighted by molar-refractivity contribution is 0.0956. The fourth-order valence-electron chi connectivity index (χ4n) is 2.68. The Bertz CT molecular complexity index is 869. The largest absolute Gasteiger partial charge is 0.361 e. The van der Waals surface area contributed by atoms with E-state index in [-0.39, 0.29) is 5.91 Å². The van der Waals surface area contributed by atoms with Crippen molar-refractivity contribution in [1.82, 2.24) is 25.4 Å². The molecule has 1 amide bonds. The van der Waals surface area contributed by atoms with Crippen LogP contribution in [0.5, 0.6) is 0 Å². The highest BCUT2D eigenvalue weighted by molar-refractivity contribution is 7.17. The molecule has 0 aliphatic rings. The standard InChI is InChI=1S/C18H21N5O2S/c1-4-14-15(26-18(22-14)16-19-9-6-10-20-16)17(24)21-8-5-7-13-11(2)23-25-12(13)3/h6,9-10H,4-5,7-8H2,1-3H3,(H,21,24). The fraction of sp³-hybridized carbons (Fsp3) is 0.389. The van der Waals surface area contributed by atoms with Crippen LogP contribution >= 0.6 is 11.3 Å². The first-order valence-electron chi connectivity index (χ1n) is 8.57. The zero-order valence-electron chi connectivity index (χ0n) is 15.1. The van der Waals surface area contributed by atoms with Gasteiger partial charge in [0.05, 0.1) is 11.4 Å². The van der Waals surface area contributed by atoms with E-state index in [0.29, 0.717) is 28.7 Å². The number of hydrogen-bond acceptors (Lipinski definition) is 7. The monoisotopic (exact) mass is 371 g/mol. The molecule has 3 aromatic heterocycles. The van der Waals surface area contributed by atoms with E-state index in [0.717, 1.165) is 35.6 Å². The number of rotatable bonds is 7. The molecule has 8 heteroatoms. The van der Waals surface area contributed by atoms with Crippen LogP contribution in [0.25, 0.3) is 10.8 Å². The SMILES string of the molecule is CCc1nc(-c2ncccn2)sc1C(=O)NCCCc1c(C)noc1C. The van der Waals surface area contributed by atoms with Crippen molar-refractivity contribution < 1.29 is 9.32 Å². The van der Waals surface area contributed by atoms with Gasteiger partial charge in [-0.2, -0.15) is 0 Å². The zero-order chi connectivity index (χ0) is 18.5. The number of nitrogens with one attached hydrogen (secondary N) is 1. The van der Waals surface area contributed by atoms with Crippen molar-refractivity contribution in [3.8, 4) is 10.8 Å². The van der Waals surface area contributed by atoms with E-state index in [9.17, 15) is 4.79 Å². The topological polar surface area (TPSA) is 93.8 Å². The van der Waals surface area contributed by atoms with E-state index in [1.807, 2.05) is 20.8 Å². The molecule has 0 fully saturated rings. The Kier molecular flexibility index (Phi) is 5.72. The van der Waals surface area contributed by atoms with Crippen molar-refractivity contribution in [3.05, 3.63) is 46.0 Å². The predicted octanol–water partition coefficient (Wildman–Crippen LogP) is 3.13. The number of aromatic nitrogens is 4. The Balaban J connectivity index is 1.62. The third-order valence-corrected chi connectivity index (χ3v) is 5.16. The first-order chi connectivity index (χ1) is 12.6. The molecule has 0 aliphatic heterocycles. The van der Waals surface area contributed by atoms with Crippen molar-refractivity contribution in [2.45, 2.75) is 40.0 Å². The van der Waals surface area contributed by atoms with Gasteiger partial charge in [-0.05, 0) is 39.2 Å². The number of carbonyl (C=O) groups excluding carboxylic acids is 1. The van der Waals surface area contributed by atoms with Crippen LogP contribution in [0.2, 0.25) is 0 Å². The first-order valence-corrected chi connectivity index (χ1v) is 9.38. The number of nitrogens with zero attached hydrogens (tertiary/aromatic N) is 4. The van der Waals surface area contributed by atoms with Crippen molar-refractivity contribution in [1.29, 1.82) is 0 Å². The molecule has 0 saturated carbocycles. The summed E-state index contributed by atoms with van der Waals surface area (Å²) >= 11 is 1.33. The van der Waals surface area contributed by atoms with Gasteiger partial charge in [0.15, 0.2) is 10.8 Å². The smallest absolute Gasteiger partial charge is 0.263 e. The molecular formula is C18H21N5O2S. The molecule has 136 valence electrons. The molecule has 0 radical (unpaired) electrons. The van der Waals surface area contributed by atoms with Crippen LogP contribution in [0.4, 0.5) is 0 Å². The van der Waals surface area contributed by atoms with Gasteiger partial charge in [-0.1, -0.05) is 12.1 Å². The Morgan fingerprint density at radius 2 is 2.04 bits per heavy atom. The Hall–Kier alpha value is -2.61. The Morgan fingerprint density at radius 1 is 1.27 bits per heavy atom. The van der Waals surface area contributed by atoms with Gasteiger partial charge in [0, 0.05) is 24.5 Å². The minimum atomic E-state index is -0.0970. The summed E-state index contributed by atoms with van der Waals surface area (Å²) in [4.78, 5) is 26.1. The molecule has 26 heavy (non-hydrogen) atoms. The number of thiazole rings is 1. The summed E-state index contributed by atoms with van der Waals surface area (Å²) in [5.74, 6) is 1.29. The summed E-state index contributed by atoms with van der Waals surface area (Å²) in [5, 5.41) is 7.60. The summed E-state index contributed by atoms with van der Waals surface area (Å²) in [5.41, 5.74) is 2.81. The van der Waals surface area contributed by atoms with Gasteiger partial charge in [0.25, 0.3) is 5.91 Å². The third kappa shape index (κ3) is 3.96. The summed E-state index contributed by atoms with van der Waals surface area (Å²) in [6.45, 7) is 6.41. The van der Waals surface area contributed by atoms with E-state index in [1.54, 1.807) is 18.5 Å². The average Bonchev–Trinajstić information content (AvgIpc) is 3.23. The highest BCUT2D eigenvalue weighted by Crippen LogP contribution is 2.26. The van der Waals surface area contributed by atoms with E-state index in [1.165, 1.54) is 11.3 Å². The summed E-state index contributed by atoms with van der Waals surface area (Å²) in [6, 6.07) is 1.75. The molecule has 0 spiro atoms. The number of hydrogen-bond donors (Lipinski definition) is 1. The molecule has 3 heterocycles. The molecule has 0 atom stereocenters. The number of carbonyl (C=O) groups is 1. The van der Waals surface area contributed by atoms with Gasteiger partial charge in [-0.25, -0.2) is 15.0 Å². The maximum atomic E-state index is 12.6. The third-order valence-electron chi connectivity index (χ3n) is 4.07.